The topological polar surface area (TPSA) is 84.2 Å². The summed E-state index contributed by atoms with van der Waals surface area (Å²) in [4.78, 5) is 23.4. The lowest BCUT2D eigenvalue weighted by Crippen LogP contribution is -2.52. The summed E-state index contributed by atoms with van der Waals surface area (Å²) in [7, 11) is 2.04. The molecule has 6 heteroatoms. The van der Waals surface area contributed by atoms with Gasteiger partial charge in [0.15, 0.2) is 0 Å². The number of nitrogens with two attached hydrogens (primary N) is 1. The highest BCUT2D eigenvalue weighted by Gasteiger charge is 2.47. The van der Waals surface area contributed by atoms with E-state index in [0.29, 0.717) is 17.9 Å². The monoisotopic (exact) mass is 433 g/mol. The Balaban J connectivity index is 0.000000216. The molecule has 0 heterocycles. The van der Waals surface area contributed by atoms with Gasteiger partial charge in [-0.1, -0.05) is 32.0 Å². The Morgan fingerprint density at radius 1 is 1.27 bits per heavy atom. The molecule has 5 nitrogen and oxygen atoms in total. The fourth-order valence-corrected chi connectivity index (χ4v) is 5.88. The van der Waals surface area contributed by atoms with Crippen LogP contribution in [0.2, 0.25) is 0 Å². The zero-order chi connectivity index (χ0) is 22.5. The molecule has 5 unspecified atom stereocenters. The summed E-state index contributed by atoms with van der Waals surface area (Å²) < 4.78 is 3.11. The van der Waals surface area contributed by atoms with Gasteiger partial charge in [-0.3, -0.25) is 4.79 Å². The molecule has 168 valence electrons. The molecule has 2 bridgehead atoms. The number of hydrogen-bond acceptors (Lipinski definition) is 5. The van der Waals surface area contributed by atoms with E-state index in [1.54, 1.807) is 0 Å². The Hall–Kier alpha value is -1.37. The van der Waals surface area contributed by atoms with Gasteiger partial charge in [-0.25, -0.2) is 4.72 Å². The SMILES string of the molecule is CNC1C(C)CC2CC1CC(C)(C(N)=O)C2.Cc1ccccc1SNC(C)(C)C=O. The molecule has 30 heavy (non-hydrogen) atoms. The molecule has 3 rings (SSSR count). The molecule has 2 aliphatic carbocycles. The van der Waals surface area contributed by atoms with Gasteiger partial charge in [-0.05, 0) is 94.8 Å². The summed E-state index contributed by atoms with van der Waals surface area (Å²) in [6, 6.07) is 8.65. The van der Waals surface area contributed by atoms with E-state index in [2.05, 4.69) is 36.9 Å². The average Bonchev–Trinajstić information content (AvgIpc) is 2.67. The third-order valence-corrected chi connectivity index (χ3v) is 7.96. The summed E-state index contributed by atoms with van der Waals surface area (Å²) in [6.07, 6.45) is 5.40. The quantitative estimate of drug-likeness (QED) is 0.465. The van der Waals surface area contributed by atoms with E-state index in [0.717, 1.165) is 29.9 Å². The maximum absolute atomic E-state index is 11.6. The van der Waals surface area contributed by atoms with Crippen LogP contribution in [-0.4, -0.2) is 30.8 Å². The van der Waals surface area contributed by atoms with Crippen LogP contribution in [0.25, 0.3) is 0 Å². The molecular formula is C24H39N3O2S. The van der Waals surface area contributed by atoms with Crippen LogP contribution in [0.15, 0.2) is 29.2 Å². The average molecular weight is 434 g/mol. The highest BCUT2D eigenvalue weighted by Crippen LogP contribution is 2.50. The van der Waals surface area contributed by atoms with Gasteiger partial charge >= 0.3 is 0 Å². The summed E-state index contributed by atoms with van der Waals surface area (Å²) in [5.41, 5.74) is 6.04. The molecule has 4 N–H and O–H groups in total. The van der Waals surface area contributed by atoms with Crippen LogP contribution in [0.3, 0.4) is 0 Å². The number of fused-ring (bicyclic) bond motifs is 2. The van der Waals surface area contributed by atoms with Gasteiger partial charge in [0, 0.05) is 16.4 Å². The molecule has 0 aliphatic heterocycles. The van der Waals surface area contributed by atoms with Gasteiger partial charge in [-0.15, -0.1) is 0 Å². The molecule has 2 saturated carbocycles. The van der Waals surface area contributed by atoms with E-state index in [1.165, 1.54) is 30.4 Å². The molecular weight excluding hydrogens is 394 g/mol. The third kappa shape index (κ3) is 6.32. The van der Waals surface area contributed by atoms with Crippen LogP contribution >= 0.6 is 11.9 Å². The van der Waals surface area contributed by atoms with Crippen molar-refractivity contribution >= 4 is 24.1 Å². The van der Waals surface area contributed by atoms with Crippen LogP contribution in [0.4, 0.5) is 0 Å². The molecule has 0 saturated heterocycles. The number of rotatable bonds is 6. The number of carbonyl (C=O) groups excluding carboxylic acids is 2. The van der Waals surface area contributed by atoms with E-state index in [1.807, 2.05) is 39.1 Å². The highest BCUT2D eigenvalue weighted by molar-refractivity contribution is 7.97. The summed E-state index contributed by atoms with van der Waals surface area (Å²) >= 11 is 1.50. The Labute approximate surface area is 186 Å². The van der Waals surface area contributed by atoms with Gasteiger partial charge in [-0.2, -0.15) is 0 Å². The van der Waals surface area contributed by atoms with E-state index in [4.69, 9.17) is 5.73 Å². The maximum atomic E-state index is 11.6. The largest absolute Gasteiger partial charge is 0.369 e. The van der Waals surface area contributed by atoms with Gasteiger partial charge in [0.2, 0.25) is 5.91 Å². The fraction of sp³-hybridized carbons (Fsp3) is 0.667. The second kappa shape index (κ2) is 10.3. The van der Waals surface area contributed by atoms with Crippen LogP contribution in [0.1, 0.15) is 58.9 Å². The van der Waals surface area contributed by atoms with Crippen molar-refractivity contribution in [2.45, 2.75) is 76.8 Å². The van der Waals surface area contributed by atoms with Gasteiger partial charge in [0.1, 0.15) is 6.29 Å². The Morgan fingerprint density at radius 3 is 2.50 bits per heavy atom. The van der Waals surface area contributed by atoms with Crippen molar-refractivity contribution in [2.24, 2.45) is 28.9 Å². The normalized spacial score (nSPS) is 30.7. The molecule has 1 amide bonds. The highest BCUT2D eigenvalue weighted by atomic mass is 32.2. The number of aldehydes is 1. The lowest BCUT2D eigenvalue weighted by atomic mass is 9.57. The number of aryl methyl sites for hydroxylation is 1. The molecule has 5 atom stereocenters. The van der Waals surface area contributed by atoms with Crippen molar-refractivity contribution in [1.82, 2.24) is 10.0 Å². The molecule has 0 aromatic heterocycles. The molecule has 0 spiro atoms. The number of nitrogens with one attached hydrogen (secondary N) is 2. The Bertz CT molecular complexity index is 737. The predicted molar refractivity (Wildman–Crippen MR) is 125 cm³/mol. The van der Waals surface area contributed by atoms with E-state index in [9.17, 15) is 9.59 Å². The first kappa shape index (κ1) is 24.9. The van der Waals surface area contributed by atoms with E-state index >= 15 is 0 Å². The van der Waals surface area contributed by atoms with Crippen molar-refractivity contribution in [2.75, 3.05) is 7.05 Å². The minimum Gasteiger partial charge on any atom is -0.369 e. The molecule has 2 fully saturated rings. The van der Waals surface area contributed by atoms with Crippen molar-refractivity contribution in [3.63, 3.8) is 0 Å². The number of primary amides is 1. The van der Waals surface area contributed by atoms with Crippen LogP contribution < -0.4 is 15.8 Å². The van der Waals surface area contributed by atoms with Gasteiger partial charge in [0.25, 0.3) is 0 Å². The zero-order valence-corrected chi connectivity index (χ0v) is 20.1. The summed E-state index contributed by atoms with van der Waals surface area (Å²) in [5.74, 6) is 1.96. The van der Waals surface area contributed by atoms with Crippen molar-refractivity contribution in [1.29, 1.82) is 0 Å². The van der Waals surface area contributed by atoms with Crippen LogP contribution in [0, 0.1) is 30.1 Å². The minimum atomic E-state index is -0.479. The lowest BCUT2D eigenvalue weighted by Gasteiger charge is -2.49. The zero-order valence-electron chi connectivity index (χ0n) is 19.3. The van der Waals surface area contributed by atoms with Crippen molar-refractivity contribution in [3.8, 4) is 0 Å². The molecule has 0 radical (unpaired) electrons. The van der Waals surface area contributed by atoms with Crippen LogP contribution in [0.5, 0.6) is 0 Å². The Kier molecular flexibility index (Phi) is 8.54. The standard InChI is InChI=1S/C13H24N2O.C11H15NOS/c1-8-4-9-5-10(11(8)15-3)7-13(2,6-9)12(14)16;1-9-6-4-5-7-10(9)14-12-11(2,3)8-13/h8-11,15H,4-7H2,1-3H3,(H2,14,16);4-8,12H,1-3H3. The first-order chi connectivity index (χ1) is 14.0. The number of carbonyl (C=O) groups is 2. The lowest BCUT2D eigenvalue weighted by molar-refractivity contribution is -0.132. The molecule has 2 aliphatic rings. The van der Waals surface area contributed by atoms with E-state index < -0.39 is 5.54 Å². The smallest absolute Gasteiger partial charge is 0.223 e. The van der Waals surface area contributed by atoms with Crippen molar-refractivity contribution in [3.05, 3.63) is 29.8 Å². The van der Waals surface area contributed by atoms with Crippen molar-refractivity contribution < 1.29 is 9.59 Å². The first-order valence-electron chi connectivity index (χ1n) is 10.9. The predicted octanol–water partition coefficient (Wildman–Crippen LogP) is 4.09. The first-order valence-corrected chi connectivity index (χ1v) is 11.8. The maximum Gasteiger partial charge on any atom is 0.223 e. The second-order valence-electron chi connectivity index (χ2n) is 10.0. The minimum absolute atomic E-state index is 0.105. The second-order valence-corrected chi connectivity index (χ2v) is 10.9. The van der Waals surface area contributed by atoms with Crippen LogP contribution in [-0.2, 0) is 9.59 Å². The fourth-order valence-electron chi connectivity index (χ4n) is 5.09. The van der Waals surface area contributed by atoms with E-state index in [-0.39, 0.29) is 11.3 Å². The van der Waals surface area contributed by atoms with Gasteiger partial charge in [0.05, 0.1) is 5.54 Å². The molecule has 1 aromatic rings. The third-order valence-electron chi connectivity index (χ3n) is 6.65. The number of hydrogen-bond donors (Lipinski definition) is 3. The Morgan fingerprint density at radius 2 is 1.93 bits per heavy atom. The number of amides is 1. The molecule has 1 aromatic carbocycles. The number of benzene rings is 1. The van der Waals surface area contributed by atoms with Gasteiger partial charge < -0.3 is 15.8 Å². The summed E-state index contributed by atoms with van der Waals surface area (Å²) in [5, 5.41) is 3.43. The summed E-state index contributed by atoms with van der Waals surface area (Å²) in [6.45, 7) is 10.1.